The van der Waals surface area contributed by atoms with Gasteiger partial charge in [-0.25, -0.2) is 4.79 Å². The summed E-state index contributed by atoms with van der Waals surface area (Å²) in [5, 5.41) is 23.0. The third-order valence-corrected chi connectivity index (χ3v) is 6.15. The van der Waals surface area contributed by atoms with Crippen LogP contribution in [0.15, 0.2) is 48.5 Å². The number of aromatic carboxylic acids is 1. The molecule has 2 aromatic carbocycles. The average Bonchev–Trinajstić information content (AvgIpc) is 3.22. The van der Waals surface area contributed by atoms with Gasteiger partial charge < -0.3 is 20.3 Å². The van der Waals surface area contributed by atoms with E-state index in [0.717, 1.165) is 30.4 Å². The van der Waals surface area contributed by atoms with Crippen LogP contribution in [0.4, 0.5) is 0 Å². The smallest absolute Gasteiger partial charge is 0.335 e. The third kappa shape index (κ3) is 4.81. The normalized spacial score (nSPS) is 18.9. The molecule has 0 aliphatic carbocycles. The molecule has 2 unspecified atom stereocenters. The van der Waals surface area contributed by atoms with Gasteiger partial charge in [-0.05, 0) is 41.7 Å². The van der Waals surface area contributed by atoms with Gasteiger partial charge in [0, 0.05) is 13.5 Å². The second kappa shape index (κ2) is 10.1. The number of carbonyl (C=O) groups excluding carboxylic acids is 1. The standard InChI is InChI=1S/C25H31NO5/c1-3-4-5-9-21(27)17-10-12-19(13-11-17)25(31-2,22-14-15-23(28)26-22)20-8-6-7-18(16-20)24(29)30/h6-8,10-13,16,21-22,27H,3-5,9,14-15H2,1-2H3,(H,26,28)(H,29,30)/t21?,22?,25-/m1/s1. The molecule has 1 amide bonds. The number of hydrogen-bond donors (Lipinski definition) is 3. The van der Waals surface area contributed by atoms with E-state index in [9.17, 15) is 19.8 Å². The minimum atomic E-state index is -1.04. The van der Waals surface area contributed by atoms with Crippen LogP contribution >= 0.6 is 0 Å². The summed E-state index contributed by atoms with van der Waals surface area (Å²) in [6.07, 6.45) is 4.31. The molecule has 0 saturated carbocycles. The minimum absolute atomic E-state index is 0.0521. The first-order valence-electron chi connectivity index (χ1n) is 10.9. The number of hydrogen-bond acceptors (Lipinski definition) is 4. The number of aliphatic hydroxyl groups is 1. The van der Waals surface area contributed by atoms with E-state index in [1.54, 1.807) is 19.2 Å². The van der Waals surface area contributed by atoms with Crippen molar-refractivity contribution in [3.8, 4) is 0 Å². The molecule has 0 bridgehead atoms. The molecule has 1 saturated heterocycles. The number of ether oxygens (including phenoxy) is 1. The quantitative estimate of drug-likeness (QED) is 0.497. The van der Waals surface area contributed by atoms with E-state index in [1.807, 2.05) is 30.3 Å². The molecule has 31 heavy (non-hydrogen) atoms. The van der Waals surface area contributed by atoms with E-state index in [-0.39, 0.29) is 17.5 Å². The van der Waals surface area contributed by atoms with Crippen molar-refractivity contribution >= 4 is 11.9 Å². The number of carboxylic acids is 1. The third-order valence-electron chi connectivity index (χ3n) is 6.15. The Hall–Kier alpha value is -2.70. The Bertz CT molecular complexity index is 910. The van der Waals surface area contributed by atoms with Crippen LogP contribution in [0.2, 0.25) is 0 Å². The lowest BCUT2D eigenvalue weighted by atomic mass is 9.78. The summed E-state index contributed by atoms with van der Waals surface area (Å²) in [7, 11) is 1.57. The van der Waals surface area contributed by atoms with Crippen LogP contribution in [0.1, 0.15) is 78.6 Å². The fourth-order valence-electron chi connectivity index (χ4n) is 4.46. The van der Waals surface area contributed by atoms with E-state index in [4.69, 9.17) is 4.74 Å². The number of unbranched alkanes of at least 4 members (excludes halogenated alkanes) is 2. The van der Waals surface area contributed by atoms with Gasteiger partial charge in [0.1, 0.15) is 5.60 Å². The number of aliphatic hydroxyl groups excluding tert-OH is 1. The first-order valence-corrected chi connectivity index (χ1v) is 10.9. The fraction of sp³-hybridized carbons (Fsp3) is 0.440. The average molecular weight is 426 g/mol. The number of nitrogens with one attached hydrogen (secondary N) is 1. The van der Waals surface area contributed by atoms with Gasteiger partial charge in [-0.15, -0.1) is 0 Å². The number of rotatable bonds is 10. The maximum absolute atomic E-state index is 12.0. The van der Waals surface area contributed by atoms with Crippen LogP contribution in [0, 0.1) is 0 Å². The van der Waals surface area contributed by atoms with Crippen molar-refractivity contribution in [2.45, 2.75) is 63.2 Å². The van der Waals surface area contributed by atoms with E-state index < -0.39 is 17.7 Å². The summed E-state index contributed by atoms with van der Waals surface area (Å²) in [5.74, 6) is -1.07. The summed E-state index contributed by atoms with van der Waals surface area (Å²) in [5.41, 5.74) is 1.42. The molecule has 0 spiro atoms. The molecule has 1 aliphatic rings. The molecule has 166 valence electrons. The van der Waals surface area contributed by atoms with Gasteiger partial charge in [-0.2, -0.15) is 0 Å². The predicted octanol–water partition coefficient (Wildman–Crippen LogP) is 4.17. The Morgan fingerprint density at radius 3 is 2.52 bits per heavy atom. The molecule has 0 radical (unpaired) electrons. The summed E-state index contributed by atoms with van der Waals surface area (Å²) >= 11 is 0. The molecule has 6 heteroatoms. The van der Waals surface area contributed by atoms with Gasteiger partial charge in [0.05, 0.1) is 17.7 Å². The first kappa shape index (κ1) is 23.0. The summed E-state index contributed by atoms with van der Waals surface area (Å²) in [6, 6.07) is 13.9. The number of carboxylic acid groups (broad SMARTS) is 1. The zero-order chi connectivity index (χ0) is 22.4. The van der Waals surface area contributed by atoms with Crippen molar-refractivity contribution in [3.63, 3.8) is 0 Å². The summed E-state index contributed by atoms with van der Waals surface area (Å²) in [4.78, 5) is 23.6. The zero-order valence-electron chi connectivity index (χ0n) is 18.1. The molecule has 2 aromatic rings. The molecule has 1 heterocycles. The lowest BCUT2D eigenvalue weighted by Crippen LogP contribution is -2.48. The number of carbonyl (C=O) groups is 2. The fourth-order valence-corrected chi connectivity index (χ4v) is 4.46. The SMILES string of the molecule is CCCCCC(O)c1ccc([C@@](OC)(c2cccc(C(=O)O)c2)C2CCC(=O)N2)cc1. The van der Waals surface area contributed by atoms with Crippen molar-refractivity contribution < 1.29 is 24.5 Å². The van der Waals surface area contributed by atoms with Crippen molar-refractivity contribution in [2.24, 2.45) is 0 Å². The van der Waals surface area contributed by atoms with E-state index >= 15 is 0 Å². The Labute approximate surface area is 183 Å². The molecule has 0 aromatic heterocycles. The molecule has 3 atom stereocenters. The van der Waals surface area contributed by atoms with E-state index in [2.05, 4.69) is 12.2 Å². The predicted molar refractivity (Wildman–Crippen MR) is 118 cm³/mol. The molecular formula is C25H31NO5. The van der Waals surface area contributed by atoms with Crippen LogP contribution in [-0.4, -0.2) is 35.2 Å². The Morgan fingerprint density at radius 2 is 1.94 bits per heavy atom. The van der Waals surface area contributed by atoms with Gasteiger partial charge in [-0.3, -0.25) is 4.79 Å². The maximum Gasteiger partial charge on any atom is 0.335 e. The van der Waals surface area contributed by atoms with Gasteiger partial charge in [0.15, 0.2) is 0 Å². The van der Waals surface area contributed by atoms with Crippen LogP contribution in [0.3, 0.4) is 0 Å². The lowest BCUT2D eigenvalue weighted by molar-refractivity contribution is -0.120. The largest absolute Gasteiger partial charge is 0.478 e. The van der Waals surface area contributed by atoms with Crippen LogP contribution in [0.5, 0.6) is 0 Å². The molecule has 6 nitrogen and oxygen atoms in total. The zero-order valence-corrected chi connectivity index (χ0v) is 18.1. The van der Waals surface area contributed by atoms with Crippen molar-refractivity contribution in [1.29, 1.82) is 0 Å². The second-order valence-electron chi connectivity index (χ2n) is 8.12. The monoisotopic (exact) mass is 425 g/mol. The number of benzene rings is 2. The van der Waals surface area contributed by atoms with Gasteiger partial charge in [0.25, 0.3) is 0 Å². The molecule has 3 N–H and O–H groups in total. The van der Waals surface area contributed by atoms with Crippen LogP contribution in [0.25, 0.3) is 0 Å². The van der Waals surface area contributed by atoms with Crippen molar-refractivity contribution in [2.75, 3.05) is 7.11 Å². The highest BCUT2D eigenvalue weighted by Gasteiger charge is 2.46. The highest BCUT2D eigenvalue weighted by atomic mass is 16.5. The van der Waals surface area contributed by atoms with Crippen molar-refractivity contribution in [3.05, 3.63) is 70.8 Å². The maximum atomic E-state index is 12.0. The molecule has 1 fully saturated rings. The Kier molecular flexibility index (Phi) is 7.46. The lowest BCUT2D eigenvalue weighted by Gasteiger charge is -2.39. The van der Waals surface area contributed by atoms with Crippen LogP contribution in [-0.2, 0) is 15.1 Å². The molecule has 1 aliphatic heterocycles. The van der Waals surface area contributed by atoms with Crippen LogP contribution < -0.4 is 5.32 Å². The Balaban J connectivity index is 2.01. The topological polar surface area (TPSA) is 95.9 Å². The molecule has 3 rings (SSSR count). The van der Waals surface area contributed by atoms with Gasteiger partial charge in [0.2, 0.25) is 5.91 Å². The minimum Gasteiger partial charge on any atom is -0.478 e. The van der Waals surface area contributed by atoms with Gasteiger partial charge in [-0.1, -0.05) is 62.6 Å². The molecular weight excluding hydrogens is 394 g/mol. The van der Waals surface area contributed by atoms with E-state index in [0.29, 0.717) is 24.8 Å². The highest BCUT2D eigenvalue weighted by molar-refractivity contribution is 5.88. The van der Waals surface area contributed by atoms with Crippen molar-refractivity contribution in [1.82, 2.24) is 5.32 Å². The van der Waals surface area contributed by atoms with E-state index in [1.165, 1.54) is 6.07 Å². The summed E-state index contributed by atoms with van der Waals surface area (Å²) < 4.78 is 6.09. The summed E-state index contributed by atoms with van der Waals surface area (Å²) in [6.45, 7) is 2.13. The number of methoxy groups -OCH3 is 1. The highest BCUT2D eigenvalue weighted by Crippen LogP contribution is 2.40. The first-order chi connectivity index (χ1) is 14.9. The van der Waals surface area contributed by atoms with Gasteiger partial charge >= 0.3 is 5.97 Å². The second-order valence-corrected chi connectivity index (χ2v) is 8.12. The Morgan fingerprint density at radius 1 is 1.19 bits per heavy atom. The number of amides is 1.